The maximum Gasteiger partial charge on any atom is 0.250 e. The Balaban J connectivity index is 1.90. The van der Waals surface area contributed by atoms with Crippen LogP contribution in [0.25, 0.3) is 0 Å². The molecule has 7 heteroatoms. The SMILES string of the molecule is CNCCc1ccc(S(=O)(=O)NCCc2ccccn2)s1. The zero-order valence-electron chi connectivity index (χ0n) is 11.9. The third kappa shape index (κ3) is 4.89. The average molecular weight is 325 g/mol. The van der Waals surface area contributed by atoms with Crippen LogP contribution in [-0.4, -0.2) is 33.5 Å². The summed E-state index contributed by atoms with van der Waals surface area (Å²) < 4.78 is 27.3. The summed E-state index contributed by atoms with van der Waals surface area (Å²) in [7, 11) is -1.53. The number of hydrogen-bond donors (Lipinski definition) is 2. The first-order valence-corrected chi connectivity index (χ1v) is 9.04. The van der Waals surface area contributed by atoms with E-state index >= 15 is 0 Å². The van der Waals surface area contributed by atoms with Gasteiger partial charge in [0.25, 0.3) is 0 Å². The molecule has 0 radical (unpaired) electrons. The Kier molecular flexibility index (Phi) is 5.86. The minimum Gasteiger partial charge on any atom is -0.319 e. The first-order valence-electron chi connectivity index (χ1n) is 6.75. The van der Waals surface area contributed by atoms with Crippen LogP contribution in [0.2, 0.25) is 0 Å². The van der Waals surface area contributed by atoms with Gasteiger partial charge in [0.15, 0.2) is 0 Å². The van der Waals surface area contributed by atoms with Crippen molar-refractivity contribution in [2.24, 2.45) is 0 Å². The molecular formula is C14H19N3O2S2. The molecule has 114 valence electrons. The Labute approximate surface area is 129 Å². The van der Waals surface area contributed by atoms with E-state index in [1.807, 2.05) is 31.3 Å². The Morgan fingerprint density at radius 2 is 2.00 bits per heavy atom. The van der Waals surface area contributed by atoms with Gasteiger partial charge in [0.2, 0.25) is 10.0 Å². The lowest BCUT2D eigenvalue weighted by Gasteiger charge is -2.04. The third-order valence-corrected chi connectivity index (χ3v) is 6.02. The molecule has 21 heavy (non-hydrogen) atoms. The molecule has 0 aliphatic rings. The van der Waals surface area contributed by atoms with E-state index in [-0.39, 0.29) is 0 Å². The summed E-state index contributed by atoms with van der Waals surface area (Å²) in [5.41, 5.74) is 0.876. The second-order valence-electron chi connectivity index (χ2n) is 4.54. The fourth-order valence-corrected chi connectivity index (χ4v) is 4.25. The van der Waals surface area contributed by atoms with Gasteiger partial charge < -0.3 is 5.32 Å². The van der Waals surface area contributed by atoms with Gasteiger partial charge in [0, 0.05) is 29.7 Å². The van der Waals surface area contributed by atoms with E-state index in [1.165, 1.54) is 11.3 Å². The fourth-order valence-electron chi connectivity index (χ4n) is 1.82. The molecule has 0 saturated carbocycles. The molecule has 2 N–H and O–H groups in total. The number of hydrogen-bond acceptors (Lipinski definition) is 5. The average Bonchev–Trinajstić information content (AvgIpc) is 2.96. The molecule has 0 aliphatic heterocycles. The smallest absolute Gasteiger partial charge is 0.250 e. The van der Waals surface area contributed by atoms with Crippen LogP contribution in [0.1, 0.15) is 10.6 Å². The van der Waals surface area contributed by atoms with Crippen molar-refractivity contribution in [3.8, 4) is 0 Å². The highest BCUT2D eigenvalue weighted by Crippen LogP contribution is 2.21. The summed E-state index contributed by atoms with van der Waals surface area (Å²) in [5, 5.41) is 3.05. The molecule has 5 nitrogen and oxygen atoms in total. The van der Waals surface area contributed by atoms with Gasteiger partial charge in [0.05, 0.1) is 0 Å². The minimum atomic E-state index is -3.41. The summed E-state index contributed by atoms with van der Waals surface area (Å²) in [6, 6.07) is 9.15. The molecule has 2 aromatic heterocycles. The molecule has 0 spiro atoms. The number of nitrogens with one attached hydrogen (secondary N) is 2. The molecule has 2 rings (SSSR count). The van der Waals surface area contributed by atoms with Crippen LogP contribution in [0.15, 0.2) is 40.7 Å². The Hall–Kier alpha value is -1.28. The molecule has 2 aromatic rings. The quantitative estimate of drug-likeness (QED) is 0.770. The van der Waals surface area contributed by atoms with Gasteiger partial charge >= 0.3 is 0 Å². The van der Waals surface area contributed by atoms with E-state index in [0.717, 1.165) is 23.5 Å². The first kappa shape index (κ1) is 16.1. The molecule has 0 fully saturated rings. The maximum atomic E-state index is 12.2. The molecule has 0 unspecified atom stereocenters. The highest BCUT2D eigenvalue weighted by atomic mass is 32.2. The predicted octanol–water partition coefficient (Wildman–Crippen LogP) is 1.43. The first-order chi connectivity index (χ1) is 10.1. The summed E-state index contributed by atoms with van der Waals surface area (Å²) >= 11 is 1.32. The minimum absolute atomic E-state index is 0.350. The molecule has 2 heterocycles. The molecular weight excluding hydrogens is 306 g/mol. The lowest BCUT2D eigenvalue weighted by atomic mass is 10.3. The van der Waals surface area contributed by atoms with Crippen LogP contribution < -0.4 is 10.0 Å². The lowest BCUT2D eigenvalue weighted by Crippen LogP contribution is -2.25. The molecule has 0 atom stereocenters. The summed E-state index contributed by atoms with van der Waals surface area (Å²) in [5.74, 6) is 0. The maximum absolute atomic E-state index is 12.2. The second-order valence-corrected chi connectivity index (χ2v) is 7.71. The van der Waals surface area contributed by atoms with Crippen LogP contribution in [-0.2, 0) is 22.9 Å². The summed E-state index contributed by atoms with van der Waals surface area (Å²) in [6.07, 6.45) is 3.12. The van der Waals surface area contributed by atoms with Crippen molar-refractivity contribution in [1.82, 2.24) is 15.0 Å². The zero-order valence-corrected chi connectivity index (χ0v) is 13.5. The van der Waals surface area contributed by atoms with Gasteiger partial charge in [-0.1, -0.05) is 6.07 Å². The monoisotopic (exact) mass is 325 g/mol. The standard InChI is InChI=1S/C14H19N3O2S2/c1-15-10-8-13-5-6-14(20-13)21(18,19)17-11-7-12-4-2-3-9-16-12/h2-6,9,15,17H,7-8,10-11H2,1H3. The van der Waals surface area contributed by atoms with Crippen molar-refractivity contribution in [2.45, 2.75) is 17.1 Å². The van der Waals surface area contributed by atoms with Gasteiger partial charge in [-0.15, -0.1) is 11.3 Å². The van der Waals surface area contributed by atoms with Crippen LogP contribution >= 0.6 is 11.3 Å². The van der Waals surface area contributed by atoms with Gasteiger partial charge in [0.1, 0.15) is 4.21 Å². The summed E-state index contributed by atoms with van der Waals surface area (Å²) in [4.78, 5) is 5.23. The van der Waals surface area contributed by atoms with E-state index in [4.69, 9.17) is 0 Å². The van der Waals surface area contributed by atoms with Gasteiger partial charge in [-0.05, 0) is 44.3 Å². The molecule has 0 amide bonds. The summed E-state index contributed by atoms with van der Waals surface area (Å²) in [6.45, 7) is 1.19. The number of nitrogens with zero attached hydrogens (tertiary/aromatic N) is 1. The predicted molar refractivity (Wildman–Crippen MR) is 85.1 cm³/mol. The van der Waals surface area contributed by atoms with Gasteiger partial charge in [-0.25, -0.2) is 13.1 Å². The van der Waals surface area contributed by atoms with E-state index in [0.29, 0.717) is 17.2 Å². The normalized spacial score (nSPS) is 11.7. The van der Waals surface area contributed by atoms with Crippen molar-refractivity contribution in [2.75, 3.05) is 20.1 Å². The van der Waals surface area contributed by atoms with Gasteiger partial charge in [-0.2, -0.15) is 0 Å². The molecule has 0 saturated heterocycles. The number of pyridine rings is 1. The second kappa shape index (κ2) is 7.65. The number of sulfonamides is 1. The number of rotatable bonds is 8. The topological polar surface area (TPSA) is 71.1 Å². The number of aromatic nitrogens is 1. The van der Waals surface area contributed by atoms with E-state index in [2.05, 4.69) is 15.0 Å². The Bertz CT molecular complexity index is 654. The third-order valence-electron chi connectivity index (χ3n) is 2.92. The fraction of sp³-hybridized carbons (Fsp3) is 0.357. The largest absolute Gasteiger partial charge is 0.319 e. The van der Waals surface area contributed by atoms with Crippen LogP contribution in [0.3, 0.4) is 0 Å². The van der Waals surface area contributed by atoms with E-state index < -0.39 is 10.0 Å². The number of likely N-dealkylation sites (N-methyl/N-ethyl adjacent to an activating group) is 1. The van der Waals surface area contributed by atoms with Crippen LogP contribution in [0.5, 0.6) is 0 Å². The molecule has 0 bridgehead atoms. The van der Waals surface area contributed by atoms with Crippen molar-refractivity contribution >= 4 is 21.4 Å². The van der Waals surface area contributed by atoms with Gasteiger partial charge in [-0.3, -0.25) is 4.98 Å². The molecule has 0 aromatic carbocycles. The van der Waals surface area contributed by atoms with E-state index in [9.17, 15) is 8.42 Å². The molecule has 0 aliphatic carbocycles. The van der Waals surface area contributed by atoms with Crippen molar-refractivity contribution in [3.63, 3.8) is 0 Å². The van der Waals surface area contributed by atoms with Crippen molar-refractivity contribution in [3.05, 3.63) is 47.1 Å². The Morgan fingerprint density at radius 3 is 2.71 bits per heavy atom. The highest BCUT2D eigenvalue weighted by Gasteiger charge is 2.16. The lowest BCUT2D eigenvalue weighted by molar-refractivity contribution is 0.583. The Morgan fingerprint density at radius 1 is 1.14 bits per heavy atom. The highest BCUT2D eigenvalue weighted by molar-refractivity contribution is 7.91. The van der Waals surface area contributed by atoms with Crippen LogP contribution in [0.4, 0.5) is 0 Å². The van der Waals surface area contributed by atoms with E-state index in [1.54, 1.807) is 12.3 Å². The van der Waals surface area contributed by atoms with Crippen molar-refractivity contribution < 1.29 is 8.42 Å². The van der Waals surface area contributed by atoms with Crippen LogP contribution in [0, 0.1) is 0 Å². The zero-order chi connectivity index (χ0) is 15.1. The number of thiophene rings is 1. The van der Waals surface area contributed by atoms with Crippen molar-refractivity contribution in [1.29, 1.82) is 0 Å².